The van der Waals surface area contributed by atoms with E-state index < -0.39 is 0 Å². The molecule has 1 heterocycles. The zero-order chi connectivity index (χ0) is 13.3. The molecule has 0 aliphatic heterocycles. The van der Waals surface area contributed by atoms with Gasteiger partial charge in [-0.3, -0.25) is 0 Å². The predicted molar refractivity (Wildman–Crippen MR) is 75.9 cm³/mol. The lowest BCUT2D eigenvalue weighted by molar-refractivity contribution is 0.517. The van der Waals surface area contributed by atoms with Crippen molar-refractivity contribution in [3.8, 4) is 0 Å². The number of aromatic nitrogens is 2. The molecule has 1 atom stereocenters. The molecule has 0 saturated heterocycles. The molecule has 0 radical (unpaired) electrons. The quantitative estimate of drug-likeness (QED) is 0.807. The predicted octanol–water partition coefficient (Wildman–Crippen LogP) is 2.99. The lowest BCUT2D eigenvalue weighted by Gasteiger charge is -2.12. The van der Waals surface area contributed by atoms with Gasteiger partial charge in [0.25, 0.3) is 0 Å². The molecule has 2 rings (SSSR count). The molecule has 18 heavy (non-hydrogen) atoms. The third-order valence-corrected chi connectivity index (χ3v) is 4.02. The van der Waals surface area contributed by atoms with Gasteiger partial charge in [-0.25, -0.2) is 9.66 Å². The van der Waals surface area contributed by atoms with Crippen LogP contribution >= 0.6 is 0 Å². The van der Waals surface area contributed by atoms with E-state index in [0.717, 1.165) is 17.9 Å². The van der Waals surface area contributed by atoms with Gasteiger partial charge >= 0.3 is 0 Å². The van der Waals surface area contributed by atoms with Crippen molar-refractivity contribution in [2.75, 3.05) is 11.6 Å². The van der Waals surface area contributed by atoms with Crippen molar-refractivity contribution in [2.24, 2.45) is 5.92 Å². The number of imidazole rings is 1. The summed E-state index contributed by atoms with van der Waals surface area (Å²) in [6.07, 6.45) is 6.07. The average molecular weight is 250 g/mol. The monoisotopic (exact) mass is 250 g/mol. The van der Waals surface area contributed by atoms with Crippen LogP contribution in [0.1, 0.15) is 76.2 Å². The highest BCUT2D eigenvalue weighted by molar-refractivity contribution is 5.41. The van der Waals surface area contributed by atoms with Gasteiger partial charge in [-0.1, -0.05) is 33.6 Å². The van der Waals surface area contributed by atoms with E-state index in [9.17, 15) is 0 Å². The van der Waals surface area contributed by atoms with Crippen molar-refractivity contribution in [2.45, 2.75) is 64.7 Å². The maximum Gasteiger partial charge on any atom is 0.146 e. The second-order valence-corrected chi connectivity index (χ2v) is 6.12. The van der Waals surface area contributed by atoms with E-state index in [0.29, 0.717) is 23.6 Å². The highest BCUT2D eigenvalue weighted by Crippen LogP contribution is 2.36. The number of nitrogens with zero attached hydrogens (tertiary/aromatic N) is 2. The van der Waals surface area contributed by atoms with Crippen LogP contribution in [0.2, 0.25) is 0 Å². The molecule has 0 amide bonds. The Labute approximate surface area is 110 Å². The van der Waals surface area contributed by atoms with Crippen molar-refractivity contribution >= 4 is 5.82 Å². The zero-order valence-electron chi connectivity index (χ0n) is 11.8. The molecule has 4 nitrogen and oxygen atoms in total. The summed E-state index contributed by atoms with van der Waals surface area (Å²) >= 11 is 0. The van der Waals surface area contributed by atoms with E-state index in [1.807, 2.05) is 0 Å². The largest absolute Gasteiger partial charge is 0.382 e. The highest BCUT2D eigenvalue weighted by Gasteiger charge is 2.26. The lowest BCUT2D eigenvalue weighted by Crippen LogP contribution is -2.17. The van der Waals surface area contributed by atoms with E-state index in [-0.39, 0.29) is 0 Å². The van der Waals surface area contributed by atoms with Crippen molar-refractivity contribution in [1.82, 2.24) is 9.66 Å². The molecule has 102 valence electrons. The van der Waals surface area contributed by atoms with Crippen LogP contribution in [0.3, 0.4) is 0 Å². The van der Waals surface area contributed by atoms with E-state index in [1.54, 1.807) is 4.68 Å². The molecule has 1 aromatic rings. The van der Waals surface area contributed by atoms with Gasteiger partial charge in [0.1, 0.15) is 11.6 Å². The Morgan fingerprint density at radius 3 is 2.44 bits per heavy atom. The average Bonchev–Trinajstić information content (AvgIpc) is 2.88. The third kappa shape index (κ3) is 2.47. The Kier molecular flexibility index (Phi) is 3.83. The van der Waals surface area contributed by atoms with Gasteiger partial charge in [0.15, 0.2) is 0 Å². The van der Waals surface area contributed by atoms with Crippen LogP contribution in [0.25, 0.3) is 0 Å². The first-order valence-electron chi connectivity index (χ1n) is 7.13. The Morgan fingerprint density at radius 2 is 1.89 bits per heavy atom. The summed E-state index contributed by atoms with van der Waals surface area (Å²) in [5.41, 5.74) is 7.12. The number of hydrogen-bond donors (Lipinski definition) is 2. The smallest absolute Gasteiger partial charge is 0.146 e. The number of nitrogens with two attached hydrogens (primary N) is 2. The van der Waals surface area contributed by atoms with Crippen molar-refractivity contribution in [3.05, 3.63) is 11.5 Å². The van der Waals surface area contributed by atoms with Crippen LogP contribution in [0, 0.1) is 5.92 Å². The van der Waals surface area contributed by atoms with Gasteiger partial charge in [-0.05, 0) is 25.2 Å². The Bertz CT molecular complexity index is 402. The van der Waals surface area contributed by atoms with Crippen LogP contribution in [-0.2, 0) is 0 Å². The van der Waals surface area contributed by atoms with Gasteiger partial charge in [-0.15, -0.1) is 0 Å². The molecule has 4 N–H and O–H groups in total. The minimum atomic E-state index is 0.384. The molecule has 0 spiro atoms. The second-order valence-electron chi connectivity index (χ2n) is 6.12. The summed E-state index contributed by atoms with van der Waals surface area (Å²) in [6, 6.07) is 0. The number of nitrogen functional groups attached to an aromatic ring is 2. The Balaban J connectivity index is 2.23. The van der Waals surface area contributed by atoms with Crippen LogP contribution in [-0.4, -0.2) is 9.66 Å². The fraction of sp³-hybridized carbons (Fsp3) is 0.786. The summed E-state index contributed by atoms with van der Waals surface area (Å²) in [5, 5.41) is 0. The number of hydrogen-bond acceptors (Lipinski definition) is 3. The molecule has 1 saturated carbocycles. The maximum absolute atomic E-state index is 6.12. The van der Waals surface area contributed by atoms with Gasteiger partial charge in [0.2, 0.25) is 0 Å². The Morgan fingerprint density at radius 1 is 1.28 bits per heavy atom. The summed E-state index contributed by atoms with van der Waals surface area (Å²) in [4.78, 5) is 4.76. The topological polar surface area (TPSA) is 69.9 Å². The van der Waals surface area contributed by atoms with E-state index in [4.69, 9.17) is 16.6 Å². The third-order valence-electron chi connectivity index (χ3n) is 4.02. The summed E-state index contributed by atoms with van der Waals surface area (Å²) in [7, 11) is 0. The fourth-order valence-electron chi connectivity index (χ4n) is 3.13. The normalized spacial score (nSPS) is 18.7. The van der Waals surface area contributed by atoms with Crippen molar-refractivity contribution < 1.29 is 0 Å². The van der Waals surface area contributed by atoms with E-state index in [2.05, 4.69) is 20.8 Å². The summed E-state index contributed by atoms with van der Waals surface area (Å²) in [6.45, 7) is 6.64. The molecule has 1 aliphatic rings. The van der Waals surface area contributed by atoms with Gasteiger partial charge in [0, 0.05) is 11.8 Å². The molecule has 1 unspecified atom stereocenters. The fourth-order valence-corrected chi connectivity index (χ4v) is 3.13. The number of rotatable bonds is 4. The highest BCUT2D eigenvalue weighted by atomic mass is 15.4. The molecular weight excluding hydrogens is 224 g/mol. The van der Waals surface area contributed by atoms with Gasteiger partial charge < -0.3 is 11.6 Å². The van der Waals surface area contributed by atoms with Crippen molar-refractivity contribution in [1.29, 1.82) is 0 Å². The molecule has 0 bridgehead atoms. The van der Waals surface area contributed by atoms with E-state index in [1.165, 1.54) is 25.7 Å². The number of anilines is 1. The van der Waals surface area contributed by atoms with Crippen LogP contribution in [0.5, 0.6) is 0 Å². The van der Waals surface area contributed by atoms with Crippen LogP contribution in [0.15, 0.2) is 0 Å². The first-order valence-corrected chi connectivity index (χ1v) is 7.13. The first kappa shape index (κ1) is 13.2. The summed E-state index contributed by atoms with van der Waals surface area (Å²) in [5.74, 6) is 9.28. The summed E-state index contributed by atoms with van der Waals surface area (Å²) < 4.78 is 1.63. The molecule has 0 aromatic carbocycles. The molecule has 1 aliphatic carbocycles. The van der Waals surface area contributed by atoms with Crippen LogP contribution in [0.4, 0.5) is 5.82 Å². The Hall–Kier alpha value is -1.19. The van der Waals surface area contributed by atoms with Crippen molar-refractivity contribution in [3.63, 3.8) is 0 Å². The maximum atomic E-state index is 6.12. The lowest BCUT2D eigenvalue weighted by atomic mass is 9.96. The minimum absolute atomic E-state index is 0.384. The van der Waals surface area contributed by atoms with E-state index >= 15 is 0 Å². The van der Waals surface area contributed by atoms with Crippen LogP contribution < -0.4 is 11.6 Å². The molecule has 1 fully saturated rings. The zero-order valence-corrected chi connectivity index (χ0v) is 11.8. The molecule has 1 aromatic heterocycles. The standard InChI is InChI=1S/C14H26N4/c1-9(2)8-10(3)12-13(15)18(16)14(17-12)11-6-4-5-7-11/h9-11H,4-8,15-16H2,1-3H3. The minimum Gasteiger partial charge on any atom is -0.382 e. The molecular formula is C14H26N4. The van der Waals surface area contributed by atoms with Gasteiger partial charge in [0.05, 0.1) is 5.69 Å². The first-order chi connectivity index (χ1) is 8.50. The SMILES string of the molecule is CC(C)CC(C)c1nc(C2CCCC2)n(N)c1N. The van der Waals surface area contributed by atoms with Gasteiger partial charge in [-0.2, -0.15) is 0 Å². The second kappa shape index (κ2) is 5.21. The molecule has 4 heteroatoms.